The first-order valence-corrected chi connectivity index (χ1v) is 12.2. The molecule has 1 aliphatic heterocycles. The zero-order valence-electron chi connectivity index (χ0n) is 21.6. The van der Waals surface area contributed by atoms with Crippen molar-refractivity contribution in [1.82, 2.24) is 20.9 Å². The van der Waals surface area contributed by atoms with Gasteiger partial charge in [0.15, 0.2) is 0 Å². The molecule has 1 fully saturated rings. The predicted octanol–water partition coefficient (Wildman–Crippen LogP) is -1.40. The van der Waals surface area contributed by atoms with Gasteiger partial charge in [-0.15, -0.1) is 0 Å². The molecule has 6 atom stereocenters. The fourth-order valence-electron chi connectivity index (χ4n) is 4.00. The van der Waals surface area contributed by atoms with Crippen LogP contribution in [-0.2, 0) is 35.1 Å². The number of aliphatic hydroxyl groups excluding tert-OH is 1. The van der Waals surface area contributed by atoms with E-state index in [1.54, 1.807) is 24.3 Å². The summed E-state index contributed by atoms with van der Waals surface area (Å²) in [7, 11) is 1.23. The van der Waals surface area contributed by atoms with E-state index in [4.69, 9.17) is 10.5 Å². The summed E-state index contributed by atoms with van der Waals surface area (Å²) in [6, 6.07) is 3.93. The normalized spacial score (nSPS) is 19.1. The van der Waals surface area contributed by atoms with Crippen LogP contribution < -0.4 is 21.7 Å². The minimum atomic E-state index is -1.34. The van der Waals surface area contributed by atoms with Gasteiger partial charge in [0, 0.05) is 13.0 Å². The Morgan fingerprint density at radius 1 is 1.03 bits per heavy atom. The molecule has 4 amide bonds. The molecular weight excluding hydrogens is 482 g/mol. The number of nitrogens with zero attached hydrogens (tertiary/aromatic N) is 1. The summed E-state index contributed by atoms with van der Waals surface area (Å²) in [5, 5.41) is 17.8. The minimum absolute atomic E-state index is 0.165. The summed E-state index contributed by atoms with van der Waals surface area (Å²) >= 11 is 0. The summed E-state index contributed by atoms with van der Waals surface area (Å²) in [5.41, 5.74) is 6.42. The highest BCUT2D eigenvalue weighted by atomic mass is 16.5. The van der Waals surface area contributed by atoms with Gasteiger partial charge in [0.1, 0.15) is 24.2 Å². The largest absolute Gasteiger partial charge is 0.467 e. The SMILES string of the molecule is COC(=O)C1CCCN1C(=O)C(NC(=O)C(C)NC(=O)C(Cc1ccccc1)NC(=O)C(C)N)C(C)O. The molecule has 6 unspecified atom stereocenters. The van der Waals surface area contributed by atoms with Gasteiger partial charge in [-0.1, -0.05) is 30.3 Å². The Labute approximate surface area is 216 Å². The van der Waals surface area contributed by atoms with Crippen molar-refractivity contribution in [3.63, 3.8) is 0 Å². The van der Waals surface area contributed by atoms with Crippen molar-refractivity contribution in [3.05, 3.63) is 35.9 Å². The quantitative estimate of drug-likeness (QED) is 0.221. The minimum Gasteiger partial charge on any atom is -0.467 e. The lowest BCUT2D eigenvalue weighted by Crippen LogP contribution is -2.60. The van der Waals surface area contributed by atoms with Gasteiger partial charge in [-0.2, -0.15) is 0 Å². The number of carbonyl (C=O) groups is 5. The number of benzene rings is 1. The van der Waals surface area contributed by atoms with Gasteiger partial charge < -0.3 is 36.4 Å². The molecule has 1 aliphatic rings. The van der Waals surface area contributed by atoms with E-state index in [0.29, 0.717) is 12.8 Å². The van der Waals surface area contributed by atoms with Crippen LogP contribution in [-0.4, -0.2) is 89.6 Å². The summed E-state index contributed by atoms with van der Waals surface area (Å²) in [6.45, 7) is 4.53. The van der Waals surface area contributed by atoms with E-state index in [2.05, 4.69) is 16.0 Å². The molecule has 12 nitrogen and oxygen atoms in total. The van der Waals surface area contributed by atoms with Crippen LogP contribution in [0.5, 0.6) is 0 Å². The highest BCUT2D eigenvalue weighted by Crippen LogP contribution is 2.20. The number of methoxy groups -OCH3 is 1. The van der Waals surface area contributed by atoms with Gasteiger partial charge in [0.05, 0.1) is 19.3 Å². The Kier molecular flexibility index (Phi) is 11.0. The Hall–Kier alpha value is -3.51. The third-order valence-electron chi connectivity index (χ3n) is 6.14. The van der Waals surface area contributed by atoms with Gasteiger partial charge in [0.25, 0.3) is 0 Å². The first-order chi connectivity index (χ1) is 17.5. The van der Waals surface area contributed by atoms with Crippen LogP contribution in [0.3, 0.4) is 0 Å². The van der Waals surface area contributed by atoms with E-state index in [-0.39, 0.29) is 13.0 Å². The van der Waals surface area contributed by atoms with Crippen LogP contribution in [0.15, 0.2) is 30.3 Å². The van der Waals surface area contributed by atoms with Crippen LogP contribution in [0.1, 0.15) is 39.2 Å². The number of carbonyl (C=O) groups excluding carboxylic acids is 5. The molecular formula is C25H37N5O7. The second kappa shape index (κ2) is 13.7. The van der Waals surface area contributed by atoms with Crippen LogP contribution in [0.4, 0.5) is 0 Å². The van der Waals surface area contributed by atoms with E-state index in [1.807, 2.05) is 6.07 Å². The Morgan fingerprint density at radius 2 is 1.68 bits per heavy atom. The van der Waals surface area contributed by atoms with Crippen LogP contribution in [0.2, 0.25) is 0 Å². The molecule has 0 saturated carbocycles. The lowest BCUT2D eigenvalue weighted by Gasteiger charge is -2.30. The van der Waals surface area contributed by atoms with Crippen LogP contribution in [0, 0.1) is 0 Å². The van der Waals surface area contributed by atoms with E-state index in [1.165, 1.54) is 32.8 Å². The van der Waals surface area contributed by atoms with Crippen molar-refractivity contribution in [2.24, 2.45) is 5.73 Å². The van der Waals surface area contributed by atoms with Gasteiger partial charge in [-0.3, -0.25) is 19.2 Å². The standard InChI is InChI=1S/C25H37N5O7/c1-14(26)21(32)28-18(13-17-9-6-5-7-10-17)23(34)27-15(2)22(33)29-20(16(3)31)24(35)30-12-8-11-19(30)25(36)37-4/h5-7,9-10,14-16,18-20,31H,8,11-13,26H2,1-4H3,(H,27,34)(H,28,32)(H,29,33). The lowest BCUT2D eigenvalue weighted by molar-refractivity contribution is -0.153. The Morgan fingerprint density at radius 3 is 2.24 bits per heavy atom. The van der Waals surface area contributed by atoms with E-state index >= 15 is 0 Å². The van der Waals surface area contributed by atoms with Gasteiger partial charge in [-0.25, -0.2) is 4.79 Å². The average Bonchev–Trinajstić information content (AvgIpc) is 3.36. The molecule has 1 aromatic rings. The van der Waals surface area contributed by atoms with Crippen molar-refractivity contribution in [1.29, 1.82) is 0 Å². The molecule has 204 valence electrons. The smallest absolute Gasteiger partial charge is 0.328 e. The number of esters is 1. The molecule has 1 saturated heterocycles. The second-order valence-electron chi connectivity index (χ2n) is 9.21. The van der Waals surface area contributed by atoms with Gasteiger partial charge in [0.2, 0.25) is 23.6 Å². The number of likely N-dealkylation sites (tertiary alicyclic amines) is 1. The molecule has 1 aromatic carbocycles. The number of amides is 4. The lowest BCUT2D eigenvalue weighted by atomic mass is 10.0. The summed E-state index contributed by atoms with van der Waals surface area (Å²) in [5.74, 6) is -3.07. The molecule has 37 heavy (non-hydrogen) atoms. The molecule has 0 bridgehead atoms. The molecule has 0 aliphatic carbocycles. The van der Waals surface area contributed by atoms with E-state index < -0.39 is 65.9 Å². The molecule has 2 rings (SSSR count). The average molecular weight is 520 g/mol. The number of hydrogen-bond acceptors (Lipinski definition) is 8. The molecule has 0 radical (unpaired) electrons. The number of rotatable bonds is 11. The first-order valence-electron chi connectivity index (χ1n) is 12.2. The van der Waals surface area contributed by atoms with Crippen molar-refractivity contribution in [2.75, 3.05) is 13.7 Å². The number of hydrogen-bond donors (Lipinski definition) is 5. The number of nitrogens with one attached hydrogen (secondary N) is 3. The monoisotopic (exact) mass is 519 g/mol. The van der Waals surface area contributed by atoms with Crippen LogP contribution in [0.25, 0.3) is 0 Å². The maximum Gasteiger partial charge on any atom is 0.328 e. The molecule has 12 heteroatoms. The highest BCUT2D eigenvalue weighted by Gasteiger charge is 2.40. The molecule has 1 heterocycles. The summed E-state index contributed by atoms with van der Waals surface area (Å²) in [4.78, 5) is 64.5. The topological polar surface area (TPSA) is 180 Å². The maximum atomic E-state index is 13.1. The number of nitrogens with two attached hydrogens (primary N) is 1. The zero-order valence-corrected chi connectivity index (χ0v) is 21.6. The fourth-order valence-corrected chi connectivity index (χ4v) is 4.00. The van der Waals surface area contributed by atoms with E-state index in [0.717, 1.165) is 5.56 Å². The van der Waals surface area contributed by atoms with Gasteiger partial charge in [-0.05, 0) is 39.2 Å². The second-order valence-corrected chi connectivity index (χ2v) is 9.21. The first kappa shape index (κ1) is 29.7. The summed E-state index contributed by atoms with van der Waals surface area (Å²) in [6.07, 6.45) is -0.109. The number of aliphatic hydroxyl groups is 1. The Bertz CT molecular complexity index is 969. The van der Waals surface area contributed by atoms with Crippen molar-refractivity contribution in [3.8, 4) is 0 Å². The summed E-state index contributed by atoms with van der Waals surface area (Å²) < 4.78 is 4.76. The fraction of sp³-hybridized carbons (Fsp3) is 0.560. The highest BCUT2D eigenvalue weighted by molar-refractivity contribution is 5.95. The molecule has 6 N–H and O–H groups in total. The molecule has 0 spiro atoms. The molecule has 0 aromatic heterocycles. The maximum absolute atomic E-state index is 13.1. The number of ether oxygens (including phenoxy) is 1. The van der Waals surface area contributed by atoms with Crippen molar-refractivity contribution in [2.45, 2.75) is 76.3 Å². The van der Waals surface area contributed by atoms with Crippen molar-refractivity contribution >= 4 is 29.6 Å². The zero-order chi connectivity index (χ0) is 27.7. The third kappa shape index (κ3) is 8.25. The van der Waals surface area contributed by atoms with Crippen LogP contribution >= 0.6 is 0 Å². The van der Waals surface area contributed by atoms with Gasteiger partial charge >= 0.3 is 5.97 Å². The third-order valence-corrected chi connectivity index (χ3v) is 6.14. The van der Waals surface area contributed by atoms with Crippen molar-refractivity contribution < 1.29 is 33.8 Å². The van der Waals surface area contributed by atoms with E-state index in [9.17, 15) is 29.1 Å². The predicted molar refractivity (Wildman–Crippen MR) is 134 cm³/mol. The Balaban J connectivity index is 2.09.